The Morgan fingerprint density at radius 1 is 1.48 bits per heavy atom. The summed E-state index contributed by atoms with van der Waals surface area (Å²) in [6, 6.07) is 5.58. The average Bonchev–Trinajstić information content (AvgIpc) is 2.88. The molecule has 5 nitrogen and oxygen atoms in total. The number of halogens is 1. The quantitative estimate of drug-likeness (QED) is 0.860. The summed E-state index contributed by atoms with van der Waals surface area (Å²) in [6.45, 7) is 5.90. The third kappa shape index (κ3) is 4.06. The summed E-state index contributed by atoms with van der Waals surface area (Å²) in [4.78, 5) is 11.2. The fourth-order valence-electron chi connectivity index (χ4n) is 2.00. The van der Waals surface area contributed by atoms with E-state index in [0.717, 1.165) is 17.8 Å². The largest absolute Gasteiger partial charge is 0.366 e. The zero-order valence-corrected chi connectivity index (χ0v) is 12.9. The number of rotatable bonds is 6. The molecule has 0 saturated heterocycles. The minimum atomic E-state index is -0.491. The third-order valence-corrected chi connectivity index (χ3v) is 3.26. The van der Waals surface area contributed by atoms with Gasteiger partial charge in [-0.15, -0.1) is 0 Å². The van der Waals surface area contributed by atoms with Crippen LogP contribution in [0.3, 0.4) is 0 Å². The van der Waals surface area contributed by atoms with E-state index in [0.29, 0.717) is 23.0 Å². The van der Waals surface area contributed by atoms with E-state index in [1.54, 1.807) is 16.9 Å². The molecule has 6 heteroatoms. The van der Waals surface area contributed by atoms with Crippen LogP contribution in [0.25, 0.3) is 5.69 Å². The van der Waals surface area contributed by atoms with Crippen molar-refractivity contribution in [3.8, 4) is 5.69 Å². The van der Waals surface area contributed by atoms with Gasteiger partial charge in [0.05, 0.1) is 17.4 Å². The lowest BCUT2D eigenvalue weighted by Gasteiger charge is -2.12. The van der Waals surface area contributed by atoms with Crippen LogP contribution in [-0.2, 0) is 6.54 Å². The molecule has 0 atom stereocenters. The number of nitrogens with one attached hydrogen (secondary N) is 1. The maximum atomic E-state index is 11.2. The number of hydrogen-bond donors (Lipinski definition) is 2. The Morgan fingerprint density at radius 2 is 2.24 bits per heavy atom. The van der Waals surface area contributed by atoms with E-state index in [2.05, 4.69) is 24.3 Å². The molecule has 0 aliphatic rings. The first-order chi connectivity index (χ1) is 9.97. The Labute approximate surface area is 129 Å². The number of carbonyl (C=O) groups excluding carboxylic acids is 1. The zero-order valence-electron chi connectivity index (χ0n) is 12.1. The molecule has 112 valence electrons. The molecule has 0 radical (unpaired) electrons. The van der Waals surface area contributed by atoms with Gasteiger partial charge in [-0.25, -0.2) is 4.68 Å². The van der Waals surface area contributed by atoms with Gasteiger partial charge in [-0.3, -0.25) is 4.79 Å². The van der Waals surface area contributed by atoms with Gasteiger partial charge in [-0.1, -0.05) is 25.4 Å². The van der Waals surface area contributed by atoms with Gasteiger partial charge in [-0.2, -0.15) is 5.10 Å². The van der Waals surface area contributed by atoms with E-state index in [1.165, 1.54) is 6.20 Å². The van der Waals surface area contributed by atoms with E-state index in [4.69, 9.17) is 17.3 Å². The van der Waals surface area contributed by atoms with Gasteiger partial charge in [0, 0.05) is 17.8 Å². The molecule has 0 saturated carbocycles. The van der Waals surface area contributed by atoms with Crippen molar-refractivity contribution >= 4 is 17.5 Å². The highest BCUT2D eigenvalue weighted by molar-refractivity contribution is 6.30. The molecule has 3 N–H and O–H groups in total. The molecule has 1 amide bonds. The lowest BCUT2D eigenvalue weighted by molar-refractivity contribution is 0.100. The van der Waals surface area contributed by atoms with E-state index in [1.807, 2.05) is 12.1 Å². The van der Waals surface area contributed by atoms with Gasteiger partial charge in [-0.05, 0) is 36.2 Å². The summed E-state index contributed by atoms with van der Waals surface area (Å²) >= 11 is 6.07. The highest BCUT2D eigenvalue weighted by atomic mass is 35.5. The molecule has 1 heterocycles. The Bertz CT molecular complexity index is 636. The number of nitrogens with two attached hydrogens (primary N) is 1. The normalized spacial score (nSPS) is 11.0. The second-order valence-electron chi connectivity index (χ2n) is 5.34. The first kappa shape index (κ1) is 15.5. The van der Waals surface area contributed by atoms with E-state index < -0.39 is 5.91 Å². The van der Waals surface area contributed by atoms with Crippen molar-refractivity contribution in [1.29, 1.82) is 0 Å². The molecular formula is C15H19ClN4O. The first-order valence-electron chi connectivity index (χ1n) is 6.81. The second-order valence-corrected chi connectivity index (χ2v) is 5.77. The van der Waals surface area contributed by atoms with Crippen molar-refractivity contribution in [3.05, 3.63) is 46.7 Å². The minimum Gasteiger partial charge on any atom is -0.366 e. The topological polar surface area (TPSA) is 72.9 Å². The van der Waals surface area contributed by atoms with Crippen molar-refractivity contribution in [2.24, 2.45) is 11.7 Å². The van der Waals surface area contributed by atoms with Gasteiger partial charge >= 0.3 is 0 Å². The highest BCUT2D eigenvalue weighted by Gasteiger charge is 2.10. The van der Waals surface area contributed by atoms with Crippen LogP contribution in [0.1, 0.15) is 29.8 Å². The van der Waals surface area contributed by atoms with Gasteiger partial charge in [0.15, 0.2) is 0 Å². The smallest absolute Gasteiger partial charge is 0.251 e. The van der Waals surface area contributed by atoms with Crippen LogP contribution in [0.2, 0.25) is 5.02 Å². The summed E-state index contributed by atoms with van der Waals surface area (Å²) < 4.78 is 1.64. The Hall–Kier alpha value is -1.85. The number of hydrogen-bond acceptors (Lipinski definition) is 3. The molecule has 21 heavy (non-hydrogen) atoms. The van der Waals surface area contributed by atoms with E-state index in [-0.39, 0.29) is 0 Å². The third-order valence-electron chi connectivity index (χ3n) is 3.02. The number of amides is 1. The number of aromatic nitrogens is 2. The van der Waals surface area contributed by atoms with Crippen LogP contribution in [0, 0.1) is 5.92 Å². The predicted molar refractivity (Wildman–Crippen MR) is 83.6 cm³/mol. The molecule has 1 aromatic carbocycles. The minimum absolute atomic E-state index is 0.381. The molecule has 0 aliphatic heterocycles. The number of nitrogens with zero attached hydrogens (tertiary/aromatic N) is 2. The second kappa shape index (κ2) is 6.74. The van der Waals surface area contributed by atoms with Gasteiger partial charge in [0.2, 0.25) is 0 Å². The summed E-state index contributed by atoms with van der Waals surface area (Å²) in [5, 5.41) is 8.23. The maximum Gasteiger partial charge on any atom is 0.251 e. The maximum absolute atomic E-state index is 11.2. The van der Waals surface area contributed by atoms with Crippen molar-refractivity contribution in [2.75, 3.05) is 6.54 Å². The highest BCUT2D eigenvalue weighted by Crippen LogP contribution is 2.20. The molecule has 1 aromatic heterocycles. The molecule has 2 rings (SSSR count). The van der Waals surface area contributed by atoms with E-state index >= 15 is 0 Å². The average molecular weight is 307 g/mol. The van der Waals surface area contributed by atoms with Crippen molar-refractivity contribution < 1.29 is 4.79 Å². The molecule has 0 fully saturated rings. The number of primary amides is 1. The summed E-state index contributed by atoms with van der Waals surface area (Å²) in [7, 11) is 0. The fourth-order valence-corrected chi connectivity index (χ4v) is 2.19. The molecule has 0 bridgehead atoms. The van der Waals surface area contributed by atoms with Crippen LogP contribution in [0.5, 0.6) is 0 Å². The van der Waals surface area contributed by atoms with Crippen LogP contribution < -0.4 is 11.1 Å². The summed E-state index contributed by atoms with van der Waals surface area (Å²) in [6.07, 6.45) is 3.08. The summed E-state index contributed by atoms with van der Waals surface area (Å²) in [5.74, 6) is 0.0773. The number of carbonyl (C=O) groups is 1. The van der Waals surface area contributed by atoms with Crippen LogP contribution in [-0.4, -0.2) is 22.2 Å². The Kier molecular flexibility index (Phi) is 4.98. The van der Waals surface area contributed by atoms with Gasteiger partial charge in [0.1, 0.15) is 0 Å². The lowest BCUT2D eigenvalue weighted by Crippen LogP contribution is -2.20. The molecule has 0 spiro atoms. The van der Waals surface area contributed by atoms with Crippen LogP contribution >= 0.6 is 11.6 Å². The van der Waals surface area contributed by atoms with Crippen molar-refractivity contribution in [3.63, 3.8) is 0 Å². The summed E-state index contributed by atoms with van der Waals surface area (Å²) in [5.41, 5.74) is 7.53. The molecule has 2 aromatic rings. The SMILES string of the molecule is CC(C)CNCc1cc(Cl)ccc1-n1cc(C(N)=O)cn1. The zero-order chi connectivity index (χ0) is 15.4. The fraction of sp³-hybridized carbons (Fsp3) is 0.333. The van der Waals surface area contributed by atoms with Gasteiger partial charge < -0.3 is 11.1 Å². The predicted octanol–water partition coefficient (Wildman–Crippen LogP) is 2.37. The Balaban J connectivity index is 2.26. The first-order valence-corrected chi connectivity index (χ1v) is 7.19. The molecule has 0 aliphatic carbocycles. The Morgan fingerprint density at radius 3 is 2.86 bits per heavy atom. The van der Waals surface area contributed by atoms with Crippen molar-refractivity contribution in [2.45, 2.75) is 20.4 Å². The monoisotopic (exact) mass is 306 g/mol. The van der Waals surface area contributed by atoms with Crippen LogP contribution in [0.15, 0.2) is 30.6 Å². The number of benzene rings is 1. The standard InChI is InChI=1S/C15H19ClN4O/c1-10(2)6-18-7-11-5-13(16)3-4-14(11)20-9-12(8-19-20)15(17)21/h3-5,8-10,18H,6-7H2,1-2H3,(H2,17,21). The molecule has 0 unspecified atom stereocenters. The molecular weight excluding hydrogens is 288 g/mol. The van der Waals surface area contributed by atoms with Gasteiger partial charge in [0.25, 0.3) is 5.91 Å². The lowest BCUT2D eigenvalue weighted by atomic mass is 10.1. The van der Waals surface area contributed by atoms with E-state index in [9.17, 15) is 4.79 Å². The van der Waals surface area contributed by atoms with Crippen LogP contribution in [0.4, 0.5) is 0 Å². The van der Waals surface area contributed by atoms with Crippen molar-refractivity contribution in [1.82, 2.24) is 15.1 Å².